The summed E-state index contributed by atoms with van der Waals surface area (Å²) in [6, 6.07) is 0.270. The first-order valence-corrected chi connectivity index (χ1v) is 9.79. The van der Waals surface area contributed by atoms with Crippen LogP contribution in [0, 0.1) is 34.5 Å². The van der Waals surface area contributed by atoms with Crippen molar-refractivity contribution in [2.75, 3.05) is 7.05 Å². The van der Waals surface area contributed by atoms with Crippen molar-refractivity contribution in [1.29, 1.82) is 0 Å². The largest absolute Gasteiger partial charge is 0.391 e. The van der Waals surface area contributed by atoms with E-state index in [1.54, 1.807) is 0 Å². The first-order chi connectivity index (χ1) is 10.9. The van der Waals surface area contributed by atoms with Crippen LogP contribution in [0.25, 0.3) is 0 Å². The molecule has 0 heterocycles. The number of aliphatic hydroxyl groups is 1. The Bertz CT molecular complexity index is 512. The third kappa shape index (κ3) is 2.41. The van der Waals surface area contributed by atoms with Crippen molar-refractivity contribution in [3.8, 4) is 0 Å². The SMILES string of the molecule is CNC1CC2CC[C@@H]3[C@@H](CC[C@]4(C)C(=O)CC[C@@H]34)[C@@]2(C)CC1O.Cl. The van der Waals surface area contributed by atoms with Crippen molar-refractivity contribution in [3.63, 3.8) is 0 Å². The number of carbonyl (C=O) groups is 1. The number of carbonyl (C=O) groups excluding carboxylic acids is 1. The number of aliphatic hydroxyl groups excluding tert-OH is 1. The lowest BCUT2D eigenvalue weighted by molar-refractivity contribution is -0.146. The van der Waals surface area contributed by atoms with E-state index in [0.29, 0.717) is 11.7 Å². The summed E-state index contributed by atoms with van der Waals surface area (Å²) in [6.07, 6.45) is 8.69. The van der Waals surface area contributed by atoms with Gasteiger partial charge in [0.2, 0.25) is 0 Å². The molecule has 3 nitrogen and oxygen atoms in total. The Labute approximate surface area is 152 Å². The van der Waals surface area contributed by atoms with Crippen LogP contribution in [0.1, 0.15) is 65.2 Å². The topological polar surface area (TPSA) is 49.3 Å². The fourth-order valence-electron chi connectivity index (χ4n) is 7.38. The second-order valence-electron chi connectivity index (χ2n) is 9.48. The van der Waals surface area contributed by atoms with Gasteiger partial charge in [-0.25, -0.2) is 0 Å². The number of nitrogens with one attached hydrogen (secondary N) is 1. The Balaban J connectivity index is 0.00000169. The quantitative estimate of drug-likeness (QED) is 0.755. The van der Waals surface area contributed by atoms with Gasteiger partial charge in [-0.3, -0.25) is 4.79 Å². The van der Waals surface area contributed by atoms with Crippen molar-refractivity contribution in [1.82, 2.24) is 5.32 Å². The maximum Gasteiger partial charge on any atom is 0.139 e. The molecule has 2 N–H and O–H groups in total. The summed E-state index contributed by atoms with van der Waals surface area (Å²) in [7, 11) is 1.98. The lowest BCUT2D eigenvalue weighted by Gasteiger charge is -2.61. The number of hydrogen-bond acceptors (Lipinski definition) is 3. The molecule has 4 rings (SSSR count). The van der Waals surface area contributed by atoms with Gasteiger partial charge in [0, 0.05) is 17.9 Å². The fraction of sp³-hybridized carbons (Fsp3) is 0.950. The molecule has 3 unspecified atom stereocenters. The molecule has 4 aliphatic carbocycles. The molecule has 0 bridgehead atoms. The molecule has 138 valence electrons. The zero-order valence-electron chi connectivity index (χ0n) is 15.4. The molecule has 0 amide bonds. The van der Waals surface area contributed by atoms with Crippen molar-refractivity contribution >= 4 is 18.2 Å². The summed E-state index contributed by atoms with van der Waals surface area (Å²) in [5.74, 6) is 3.33. The molecule has 0 aromatic rings. The highest BCUT2D eigenvalue weighted by atomic mass is 35.5. The predicted octanol–water partition coefficient (Wildman–Crippen LogP) is 3.58. The van der Waals surface area contributed by atoms with Crippen LogP contribution in [0.2, 0.25) is 0 Å². The highest BCUT2D eigenvalue weighted by Gasteiger charge is 2.60. The van der Waals surface area contributed by atoms with Gasteiger partial charge in [-0.1, -0.05) is 13.8 Å². The van der Waals surface area contributed by atoms with E-state index in [-0.39, 0.29) is 35.4 Å². The van der Waals surface area contributed by atoms with Crippen LogP contribution in [0.15, 0.2) is 0 Å². The van der Waals surface area contributed by atoms with Crippen molar-refractivity contribution in [2.24, 2.45) is 34.5 Å². The molecule has 4 aliphatic rings. The van der Waals surface area contributed by atoms with E-state index in [0.717, 1.165) is 49.9 Å². The zero-order valence-corrected chi connectivity index (χ0v) is 16.2. The van der Waals surface area contributed by atoms with Crippen LogP contribution in [0.4, 0.5) is 0 Å². The summed E-state index contributed by atoms with van der Waals surface area (Å²) in [4.78, 5) is 12.5. The van der Waals surface area contributed by atoms with Gasteiger partial charge in [0.1, 0.15) is 5.78 Å². The summed E-state index contributed by atoms with van der Waals surface area (Å²) in [5, 5.41) is 14.0. The minimum Gasteiger partial charge on any atom is -0.391 e. The van der Waals surface area contributed by atoms with E-state index < -0.39 is 0 Å². The Morgan fingerprint density at radius 1 is 1.12 bits per heavy atom. The normalized spacial score (nSPS) is 53.6. The zero-order chi connectivity index (χ0) is 16.4. The Kier molecular flexibility index (Phi) is 4.86. The van der Waals surface area contributed by atoms with Gasteiger partial charge < -0.3 is 10.4 Å². The van der Waals surface area contributed by atoms with E-state index in [1.807, 2.05) is 7.05 Å². The number of hydrogen-bond donors (Lipinski definition) is 2. The summed E-state index contributed by atoms with van der Waals surface area (Å²) >= 11 is 0. The molecule has 4 heteroatoms. The van der Waals surface area contributed by atoms with Crippen LogP contribution < -0.4 is 5.32 Å². The summed E-state index contributed by atoms with van der Waals surface area (Å²) < 4.78 is 0. The number of rotatable bonds is 1. The van der Waals surface area contributed by atoms with Crippen LogP contribution in [-0.2, 0) is 4.79 Å². The minimum absolute atomic E-state index is 0. The number of ketones is 1. The van der Waals surface area contributed by atoms with E-state index in [9.17, 15) is 9.90 Å². The van der Waals surface area contributed by atoms with Crippen molar-refractivity contribution < 1.29 is 9.90 Å². The Hall–Kier alpha value is -0.120. The number of fused-ring (bicyclic) bond motifs is 5. The lowest BCUT2D eigenvalue weighted by Crippen LogP contribution is -2.58. The Morgan fingerprint density at radius 2 is 1.88 bits per heavy atom. The van der Waals surface area contributed by atoms with Gasteiger partial charge in [0.25, 0.3) is 0 Å². The molecule has 24 heavy (non-hydrogen) atoms. The molecule has 0 radical (unpaired) electrons. The molecule has 0 spiro atoms. The van der Waals surface area contributed by atoms with Crippen LogP contribution >= 0.6 is 12.4 Å². The standard InChI is InChI=1S/C20H33NO2.ClH/c1-19-9-8-15-13(14(19)6-7-18(19)23)5-4-12-10-16(21-3)17(22)11-20(12,15)2;/h12-17,21-22H,4-11H2,1-3H3;1H/t12?,13-,14-,15+,16?,17?,19-,20-;/m0./s1. The second kappa shape index (κ2) is 6.25. The molecule has 4 saturated carbocycles. The van der Waals surface area contributed by atoms with E-state index >= 15 is 0 Å². The maximum absolute atomic E-state index is 12.5. The Morgan fingerprint density at radius 3 is 2.58 bits per heavy atom. The second-order valence-corrected chi connectivity index (χ2v) is 9.48. The molecule has 0 saturated heterocycles. The van der Waals surface area contributed by atoms with Crippen molar-refractivity contribution in [3.05, 3.63) is 0 Å². The monoisotopic (exact) mass is 355 g/mol. The minimum atomic E-state index is -0.210. The average molecular weight is 356 g/mol. The molecular weight excluding hydrogens is 322 g/mol. The van der Waals surface area contributed by atoms with Gasteiger partial charge in [-0.15, -0.1) is 12.4 Å². The number of likely N-dealkylation sites (N-methyl/N-ethyl adjacent to an activating group) is 1. The summed E-state index contributed by atoms with van der Waals surface area (Å²) in [6.45, 7) is 4.72. The highest BCUT2D eigenvalue weighted by Crippen LogP contribution is 2.65. The van der Waals surface area contributed by atoms with E-state index in [4.69, 9.17) is 0 Å². The molecule has 4 fully saturated rings. The van der Waals surface area contributed by atoms with Crippen LogP contribution in [0.3, 0.4) is 0 Å². The van der Waals surface area contributed by atoms with Crippen LogP contribution in [0.5, 0.6) is 0 Å². The van der Waals surface area contributed by atoms with Gasteiger partial charge in [-0.2, -0.15) is 0 Å². The predicted molar refractivity (Wildman–Crippen MR) is 98.2 cm³/mol. The van der Waals surface area contributed by atoms with Gasteiger partial charge in [0.05, 0.1) is 6.10 Å². The average Bonchev–Trinajstić information content (AvgIpc) is 2.82. The third-order valence-electron chi connectivity index (χ3n) is 8.80. The van der Waals surface area contributed by atoms with Gasteiger partial charge in [0.15, 0.2) is 0 Å². The molecule has 8 atom stereocenters. The first kappa shape index (κ1) is 18.7. The first-order valence-electron chi connectivity index (χ1n) is 9.79. The smallest absolute Gasteiger partial charge is 0.139 e. The van der Waals surface area contributed by atoms with E-state index in [1.165, 1.54) is 19.3 Å². The van der Waals surface area contributed by atoms with Crippen molar-refractivity contribution in [2.45, 2.75) is 77.4 Å². The lowest BCUT2D eigenvalue weighted by atomic mass is 9.45. The van der Waals surface area contributed by atoms with Gasteiger partial charge >= 0.3 is 0 Å². The molecule has 0 aromatic carbocycles. The molecule has 0 aliphatic heterocycles. The molecular formula is C20H34ClNO2. The fourth-order valence-corrected chi connectivity index (χ4v) is 7.38. The van der Waals surface area contributed by atoms with Crippen LogP contribution in [-0.4, -0.2) is 30.1 Å². The highest BCUT2D eigenvalue weighted by molar-refractivity contribution is 5.87. The third-order valence-corrected chi connectivity index (χ3v) is 8.80. The number of Topliss-reactive ketones (excluding diaryl/α,β-unsaturated/α-hetero) is 1. The summed E-state index contributed by atoms with van der Waals surface area (Å²) in [5.41, 5.74) is 0.258. The maximum atomic E-state index is 12.5. The van der Waals surface area contributed by atoms with Gasteiger partial charge in [-0.05, 0) is 81.1 Å². The van der Waals surface area contributed by atoms with E-state index in [2.05, 4.69) is 19.2 Å². The number of halogens is 1. The molecule has 0 aromatic heterocycles.